The number of benzene rings is 2. The summed E-state index contributed by atoms with van der Waals surface area (Å²) < 4.78 is 0. The van der Waals surface area contributed by atoms with Gasteiger partial charge in [-0.25, -0.2) is 0 Å². The molecule has 2 aromatic rings. The third kappa shape index (κ3) is 2.05. The molecule has 0 aromatic heterocycles. The van der Waals surface area contributed by atoms with E-state index in [2.05, 4.69) is 52.7 Å². The minimum atomic E-state index is 1.02. The number of nitrogens with one attached hydrogen (secondary N) is 1. The van der Waals surface area contributed by atoms with E-state index in [0.717, 1.165) is 13.1 Å². The van der Waals surface area contributed by atoms with Crippen LogP contribution in [0.2, 0.25) is 0 Å². The number of anilines is 2. The summed E-state index contributed by atoms with van der Waals surface area (Å²) in [6.07, 6.45) is 3.65. The molecule has 0 amide bonds. The van der Waals surface area contributed by atoms with E-state index in [1.807, 2.05) is 0 Å². The smallest absolute Gasteiger partial charge is 0.0430 e. The molecule has 2 aromatic carbocycles. The van der Waals surface area contributed by atoms with E-state index in [9.17, 15) is 0 Å². The Labute approximate surface area is 120 Å². The van der Waals surface area contributed by atoms with E-state index in [0.29, 0.717) is 0 Å². The molecule has 4 rings (SSSR count). The zero-order chi connectivity index (χ0) is 13.4. The zero-order valence-corrected chi connectivity index (χ0v) is 11.7. The number of fused-ring (bicyclic) bond motifs is 2. The fourth-order valence-electron chi connectivity index (χ4n) is 3.43. The van der Waals surface area contributed by atoms with E-state index in [4.69, 9.17) is 0 Å². The Kier molecular flexibility index (Phi) is 2.87. The Bertz CT molecular complexity index is 633. The minimum Gasteiger partial charge on any atom is -0.384 e. The van der Waals surface area contributed by atoms with Crippen molar-refractivity contribution in [2.24, 2.45) is 0 Å². The molecule has 0 fully saturated rings. The first kappa shape index (κ1) is 11.8. The molecule has 0 saturated carbocycles. The molecule has 0 aliphatic carbocycles. The van der Waals surface area contributed by atoms with Crippen LogP contribution in [0, 0.1) is 0 Å². The summed E-state index contributed by atoms with van der Waals surface area (Å²) in [6.45, 7) is 3.28. The van der Waals surface area contributed by atoms with Crippen LogP contribution in [-0.4, -0.2) is 13.1 Å². The topological polar surface area (TPSA) is 15.3 Å². The molecule has 102 valence electrons. The van der Waals surface area contributed by atoms with Gasteiger partial charge < -0.3 is 10.2 Å². The van der Waals surface area contributed by atoms with Gasteiger partial charge in [-0.05, 0) is 48.1 Å². The highest BCUT2D eigenvalue weighted by Gasteiger charge is 2.17. The molecule has 20 heavy (non-hydrogen) atoms. The van der Waals surface area contributed by atoms with Crippen molar-refractivity contribution in [3.8, 4) is 0 Å². The molecule has 0 radical (unpaired) electrons. The number of hydrogen-bond donors (Lipinski definition) is 1. The third-order valence-corrected chi connectivity index (χ3v) is 4.46. The van der Waals surface area contributed by atoms with Crippen molar-refractivity contribution in [3.05, 3.63) is 59.2 Å². The largest absolute Gasteiger partial charge is 0.384 e. The lowest BCUT2D eigenvalue weighted by Gasteiger charge is -2.31. The summed E-state index contributed by atoms with van der Waals surface area (Å²) in [5.41, 5.74) is 7.14. The quantitative estimate of drug-likeness (QED) is 0.891. The molecule has 0 spiro atoms. The van der Waals surface area contributed by atoms with E-state index >= 15 is 0 Å². The van der Waals surface area contributed by atoms with Crippen molar-refractivity contribution in [1.29, 1.82) is 0 Å². The molecule has 2 heterocycles. The van der Waals surface area contributed by atoms with Gasteiger partial charge in [0.05, 0.1) is 0 Å². The SMILES string of the molecule is c1ccc2c(c1)CCCN2Cc1ccc2c(c1)NCC2. The first-order valence-electron chi connectivity index (χ1n) is 7.59. The monoisotopic (exact) mass is 264 g/mol. The van der Waals surface area contributed by atoms with E-state index in [1.165, 1.54) is 53.9 Å². The summed E-state index contributed by atoms with van der Waals surface area (Å²) in [5, 5.41) is 3.48. The van der Waals surface area contributed by atoms with Crippen molar-refractivity contribution in [1.82, 2.24) is 0 Å². The summed E-state index contributed by atoms with van der Waals surface area (Å²) in [4.78, 5) is 2.52. The fraction of sp³-hybridized carbons (Fsp3) is 0.333. The van der Waals surface area contributed by atoms with Crippen molar-refractivity contribution >= 4 is 11.4 Å². The van der Waals surface area contributed by atoms with Gasteiger partial charge in [-0.1, -0.05) is 30.3 Å². The van der Waals surface area contributed by atoms with Crippen LogP contribution in [0.15, 0.2) is 42.5 Å². The van der Waals surface area contributed by atoms with Gasteiger partial charge >= 0.3 is 0 Å². The normalized spacial score (nSPS) is 16.5. The van der Waals surface area contributed by atoms with E-state index in [-0.39, 0.29) is 0 Å². The van der Waals surface area contributed by atoms with Crippen LogP contribution in [0.3, 0.4) is 0 Å². The predicted molar refractivity (Wildman–Crippen MR) is 84.4 cm³/mol. The number of nitrogens with zero attached hydrogens (tertiary/aromatic N) is 1. The first-order valence-corrected chi connectivity index (χ1v) is 7.59. The lowest BCUT2D eigenvalue weighted by molar-refractivity contribution is 0.691. The number of hydrogen-bond acceptors (Lipinski definition) is 2. The first-order chi connectivity index (χ1) is 9.90. The number of aryl methyl sites for hydroxylation is 1. The van der Waals surface area contributed by atoms with Gasteiger partial charge in [-0.2, -0.15) is 0 Å². The average Bonchev–Trinajstić information content (AvgIpc) is 2.95. The molecule has 0 bridgehead atoms. The molecule has 0 saturated heterocycles. The maximum Gasteiger partial charge on any atom is 0.0430 e. The van der Waals surface area contributed by atoms with Gasteiger partial charge in [-0.15, -0.1) is 0 Å². The molecule has 0 unspecified atom stereocenters. The van der Waals surface area contributed by atoms with Crippen LogP contribution in [0.25, 0.3) is 0 Å². The lowest BCUT2D eigenvalue weighted by Crippen LogP contribution is -2.28. The fourth-order valence-corrected chi connectivity index (χ4v) is 3.43. The van der Waals surface area contributed by atoms with E-state index < -0.39 is 0 Å². The maximum absolute atomic E-state index is 3.48. The van der Waals surface area contributed by atoms with Crippen LogP contribution >= 0.6 is 0 Å². The Morgan fingerprint density at radius 2 is 1.95 bits per heavy atom. The van der Waals surface area contributed by atoms with Gasteiger partial charge in [0.2, 0.25) is 0 Å². The van der Waals surface area contributed by atoms with Crippen LogP contribution in [0.1, 0.15) is 23.1 Å². The molecule has 1 N–H and O–H groups in total. The van der Waals surface area contributed by atoms with Crippen molar-refractivity contribution < 1.29 is 0 Å². The van der Waals surface area contributed by atoms with Gasteiger partial charge in [0, 0.05) is 31.0 Å². The number of rotatable bonds is 2. The molecular weight excluding hydrogens is 244 g/mol. The van der Waals surface area contributed by atoms with E-state index in [1.54, 1.807) is 0 Å². The van der Waals surface area contributed by atoms with Crippen molar-refractivity contribution in [2.75, 3.05) is 23.3 Å². The second-order valence-electron chi connectivity index (χ2n) is 5.82. The average molecular weight is 264 g/mol. The Balaban J connectivity index is 1.61. The number of para-hydroxylation sites is 1. The standard InChI is InChI=1S/C18H20N2/c1-2-6-18-16(4-1)5-3-11-20(18)13-14-7-8-15-9-10-19-17(15)12-14/h1-2,4,6-8,12,19H,3,5,9-11,13H2. The molecule has 2 aliphatic heterocycles. The summed E-state index contributed by atoms with van der Waals surface area (Å²) in [5.74, 6) is 0. The Morgan fingerprint density at radius 3 is 2.95 bits per heavy atom. The van der Waals surface area contributed by atoms with Gasteiger partial charge in [-0.3, -0.25) is 0 Å². The van der Waals surface area contributed by atoms with Gasteiger partial charge in [0.15, 0.2) is 0 Å². The van der Waals surface area contributed by atoms with Crippen LogP contribution in [0.4, 0.5) is 11.4 Å². The zero-order valence-electron chi connectivity index (χ0n) is 11.7. The summed E-state index contributed by atoms with van der Waals surface area (Å²) >= 11 is 0. The molecule has 2 nitrogen and oxygen atoms in total. The van der Waals surface area contributed by atoms with Gasteiger partial charge in [0.25, 0.3) is 0 Å². The van der Waals surface area contributed by atoms with Crippen LogP contribution in [-0.2, 0) is 19.4 Å². The molecule has 2 aliphatic rings. The molecule has 2 heteroatoms. The summed E-state index contributed by atoms with van der Waals surface area (Å²) in [7, 11) is 0. The molecular formula is C18H20N2. The third-order valence-electron chi connectivity index (χ3n) is 4.46. The van der Waals surface area contributed by atoms with Crippen molar-refractivity contribution in [3.63, 3.8) is 0 Å². The second kappa shape index (κ2) is 4.86. The molecule has 0 atom stereocenters. The maximum atomic E-state index is 3.48. The van der Waals surface area contributed by atoms with Crippen LogP contribution in [0.5, 0.6) is 0 Å². The predicted octanol–water partition coefficient (Wildman–Crippen LogP) is 3.61. The minimum absolute atomic E-state index is 1.02. The Morgan fingerprint density at radius 1 is 1.00 bits per heavy atom. The highest BCUT2D eigenvalue weighted by molar-refractivity contribution is 5.59. The van der Waals surface area contributed by atoms with Gasteiger partial charge in [0.1, 0.15) is 0 Å². The highest BCUT2D eigenvalue weighted by Crippen LogP contribution is 2.29. The Hall–Kier alpha value is -1.96. The summed E-state index contributed by atoms with van der Waals surface area (Å²) in [6, 6.07) is 15.8. The second-order valence-corrected chi connectivity index (χ2v) is 5.82. The van der Waals surface area contributed by atoms with Crippen molar-refractivity contribution in [2.45, 2.75) is 25.8 Å². The highest BCUT2D eigenvalue weighted by atomic mass is 15.1. The van der Waals surface area contributed by atoms with Crippen LogP contribution < -0.4 is 10.2 Å². The lowest BCUT2D eigenvalue weighted by atomic mass is 10.0.